The van der Waals surface area contributed by atoms with Crippen LogP contribution in [0.4, 0.5) is 35.2 Å². The van der Waals surface area contributed by atoms with Crippen LogP contribution in [0.5, 0.6) is 0 Å². The number of rotatable bonds is 7. The number of cyclic esters (lactones) is 1. The van der Waals surface area contributed by atoms with Crippen LogP contribution in [0.25, 0.3) is 0 Å². The fourth-order valence-corrected chi connectivity index (χ4v) is 4.85. The number of nitrogens with zero attached hydrogens (tertiary/aromatic N) is 4. The third-order valence-electron chi connectivity index (χ3n) is 5.22. The minimum atomic E-state index is -4.84. The van der Waals surface area contributed by atoms with Crippen molar-refractivity contribution in [2.75, 3.05) is 34.1 Å². The van der Waals surface area contributed by atoms with Crippen LogP contribution in [0.1, 0.15) is 13.3 Å². The second-order valence-corrected chi connectivity index (χ2v) is 9.36. The number of hydrogen-bond acceptors (Lipinski definition) is 9. The Morgan fingerprint density at radius 2 is 2.05 bits per heavy atom. The van der Waals surface area contributed by atoms with Gasteiger partial charge in [-0.15, -0.1) is 0 Å². The number of halogens is 3. The smallest absolute Gasteiger partial charge is 0.442 e. The predicted octanol–water partition coefficient (Wildman–Crippen LogP) is 2.50. The Bertz CT molecular complexity index is 1290. The summed E-state index contributed by atoms with van der Waals surface area (Å²) in [6.07, 6.45) is 0.844. The van der Waals surface area contributed by atoms with Crippen molar-refractivity contribution in [3.8, 4) is 0 Å². The van der Waals surface area contributed by atoms with Gasteiger partial charge in [0.05, 0.1) is 18.8 Å². The molecule has 1 saturated heterocycles. The van der Waals surface area contributed by atoms with Gasteiger partial charge >= 0.3 is 19.8 Å². The van der Waals surface area contributed by atoms with Crippen molar-refractivity contribution < 1.29 is 50.8 Å². The van der Waals surface area contributed by atoms with Crippen molar-refractivity contribution in [1.82, 2.24) is 5.16 Å². The Balaban J connectivity index is 0.00000380. The molecule has 1 N–H and O–H groups in total. The first-order valence-corrected chi connectivity index (χ1v) is 11.9. The van der Waals surface area contributed by atoms with E-state index in [0.29, 0.717) is 15.6 Å². The number of benzene rings is 1. The molecule has 4 rings (SSSR count). The zero-order valence-electron chi connectivity index (χ0n) is 19.5. The summed E-state index contributed by atoms with van der Waals surface area (Å²) in [5, 5.41) is 3.51. The molecule has 1 fully saturated rings. The molecule has 0 saturated carbocycles. The SMILES string of the molecule is CC(=O)OP(=O)(O)N(C[C@H]1CN(c2cc(F)c(N3C=CC(=O)CC3)c(F)c2F)C(=O)O1)c1ccon1.[Na]. The first kappa shape index (κ1) is 28.7. The van der Waals surface area contributed by atoms with E-state index >= 15 is 0 Å². The largest absolute Gasteiger partial charge is 0.490 e. The van der Waals surface area contributed by atoms with Gasteiger partial charge < -0.3 is 18.7 Å². The Labute approximate surface area is 229 Å². The summed E-state index contributed by atoms with van der Waals surface area (Å²) in [5.74, 6) is -5.90. The van der Waals surface area contributed by atoms with Gasteiger partial charge in [-0.05, 0) is 6.08 Å². The number of carbonyl (C=O) groups excluding carboxylic acids is 3. The topological polar surface area (TPSA) is 143 Å². The molecule has 0 aliphatic carbocycles. The van der Waals surface area contributed by atoms with Crippen LogP contribution in [-0.2, 0) is 23.4 Å². The molecule has 1 aromatic carbocycles. The van der Waals surface area contributed by atoms with E-state index in [2.05, 4.69) is 14.2 Å². The molecule has 12 nitrogen and oxygen atoms in total. The first-order valence-electron chi connectivity index (χ1n) is 10.3. The number of ketones is 1. The summed E-state index contributed by atoms with van der Waals surface area (Å²) in [5.41, 5.74) is -1.50. The summed E-state index contributed by atoms with van der Waals surface area (Å²) in [4.78, 5) is 46.9. The summed E-state index contributed by atoms with van der Waals surface area (Å²) in [7, 11) is -4.84. The van der Waals surface area contributed by atoms with E-state index in [1.54, 1.807) is 0 Å². The van der Waals surface area contributed by atoms with Gasteiger partial charge in [-0.2, -0.15) is 0 Å². The molecule has 1 unspecified atom stereocenters. The van der Waals surface area contributed by atoms with E-state index in [-0.39, 0.29) is 54.1 Å². The van der Waals surface area contributed by atoms with Gasteiger partial charge in [-0.3, -0.25) is 19.4 Å². The standard InChI is InChI=1S/C20H18F3N4O8P.Na/c1-11(28)35-36(31,32)27(16-4-7-33-24-16)10-13-9-26(20(30)34-13)15-8-14(21)19(18(23)17(15)22)25-5-2-12(29)3-6-25;/h2,4-5,7-8,13H,3,6,9-10H2,1H3,(H,31,32);/t13-;/m1./s1. The maximum absolute atomic E-state index is 15.0. The molecule has 2 aromatic rings. The molecule has 2 aliphatic rings. The molecule has 1 radical (unpaired) electrons. The molecule has 1 aromatic heterocycles. The number of aromatic nitrogens is 1. The van der Waals surface area contributed by atoms with Crippen LogP contribution in [0.3, 0.4) is 0 Å². The fourth-order valence-electron chi connectivity index (χ4n) is 3.67. The molecule has 37 heavy (non-hydrogen) atoms. The van der Waals surface area contributed by atoms with Crippen molar-refractivity contribution in [2.24, 2.45) is 0 Å². The molecule has 193 valence electrons. The molecule has 3 heterocycles. The van der Waals surface area contributed by atoms with Gasteiger partial charge in [0.2, 0.25) is 0 Å². The van der Waals surface area contributed by atoms with Gasteiger partial charge in [-0.1, -0.05) is 5.16 Å². The van der Waals surface area contributed by atoms with Crippen LogP contribution in [-0.4, -0.2) is 83.2 Å². The summed E-state index contributed by atoms with van der Waals surface area (Å²) >= 11 is 0. The molecule has 0 bridgehead atoms. The first-order chi connectivity index (χ1) is 17.0. The molecule has 17 heteroatoms. The van der Waals surface area contributed by atoms with Crippen LogP contribution in [0.15, 0.2) is 35.2 Å². The number of hydrogen-bond donors (Lipinski definition) is 1. The van der Waals surface area contributed by atoms with Crippen molar-refractivity contribution in [1.29, 1.82) is 0 Å². The third kappa shape index (κ3) is 6.02. The van der Waals surface area contributed by atoms with E-state index in [4.69, 9.17) is 4.74 Å². The number of anilines is 3. The van der Waals surface area contributed by atoms with E-state index in [9.17, 15) is 37.0 Å². The normalized spacial score (nSPS) is 18.8. The molecule has 1 amide bonds. The second kappa shape index (κ2) is 11.3. The summed E-state index contributed by atoms with van der Waals surface area (Å²) in [6.45, 7) is -0.237. The Kier molecular flexibility index (Phi) is 8.75. The number of ether oxygens (including phenoxy) is 1. The number of amides is 1. The molecular weight excluding hydrogens is 535 g/mol. The average Bonchev–Trinajstić information content (AvgIpc) is 3.45. The third-order valence-corrected chi connectivity index (χ3v) is 6.70. The zero-order valence-corrected chi connectivity index (χ0v) is 22.4. The zero-order chi connectivity index (χ0) is 26.2. The summed E-state index contributed by atoms with van der Waals surface area (Å²) < 4.78 is 72.1. The molecule has 0 spiro atoms. The van der Waals surface area contributed by atoms with Crippen LogP contribution < -0.4 is 14.5 Å². The Morgan fingerprint density at radius 1 is 1.32 bits per heavy atom. The summed E-state index contributed by atoms with van der Waals surface area (Å²) in [6, 6.07) is 1.78. The van der Waals surface area contributed by atoms with Crippen molar-refractivity contribution in [3.05, 3.63) is 48.1 Å². The van der Waals surface area contributed by atoms with E-state index in [1.165, 1.54) is 6.07 Å². The van der Waals surface area contributed by atoms with Gasteiger partial charge in [-0.25, -0.2) is 27.2 Å². The predicted molar refractivity (Wildman–Crippen MR) is 121 cm³/mol. The number of carbonyl (C=O) groups is 3. The van der Waals surface area contributed by atoms with E-state index in [0.717, 1.165) is 30.4 Å². The van der Waals surface area contributed by atoms with E-state index in [1.807, 2.05) is 0 Å². The van der Waals surface area contributed by atoms with Gasteiger partial charge in [0.25, 0.3) is 0 Å². The molecule has 2 atom stereocenters. The molecule has 2 aliphatic heterocycles. The minimum Gasteiger partial charge on any atom is -0.442 e. The maximum atomic E-state index is 15.0. The van der Waals surface area contributed by atoms with Gasteiger partial charge in [0, 0.05) is 67.8 Å². The number of allylic oxidation sites excluding steroid dienone is 1. The maximum Gasteiger partial charge on any atom is 0.490 e. The van der Waals surface area contributed by atoms with Gasteiger partial charge in [0.1, 0.15) is 18.1 Å². The molecular formula is C20H18F3N4NaO8P. The van der Waals surface area contributed by atoms with E-state index < -0.39 is 67.8 Å². The fraction of sp³-hybridized carbons (Fsp3) is 0.300. The van der Waals surface area contributed by atoms with Gasteiger partial charge in [0.15, 0.2) is 29.1 Å². The second-order valence-electron chi connectivity index (χ2n) is 7.71. The quantitative estimate of drug-likeness (QED) is 0.307. The van der Waals surface area contributed by atoms with Crippen LogP contribution in [0.2, 0.25) is 0 Å². The van der Waals surface area contributed by atoms with Crippen molar-refractivity contribution in [3.63, 3.8) is 0 Å². The monoisotopic (exact) mass is 553 g/mol. The van der Waals surface area contributed by atoms with Crippen molar-refractivity contribution in [2.45, 2.75) is 19.4 Å². The minimum absolute atomic E-state index is 0. The Morgan fingerprint density at radius 3 is 2.65 bits per heavy atom. The van der Waals surface area contributed by atoms with Crippen LogP contribution in [0, 0.1) is 17.5 Å². The Hall–Kier alpha value is -2.84. The average molecular weight is 553 g/mol. The van der Waals surface area contributed by atoms with Crippen LogP contribution >= 0.6 is 7.75 Å². The van der Waals surface area contributed by atoms with Crippen molar-refractivity contribution >= 4 is 72.3 Å².